The second-order valence-corrected chi connectivity index (χ2v) is 6.27. The zero-order valence-electron chi connectivity index (χ0n) is 13.4. The molecule has 1 N–H and O–H groups in total. The predicted molar refractivity (Wildman–Crippen MR) is 89.1 cm³/mol. The minimum atomic E-state index is 0.505. The summed E-state index contributed by atoms with van der Waals surface area (Å²) >= 11 is 6.29. The van der Waals surface area contributed by atoms with E-state index in [0.717, 1.165) is 28.8 Å². The Morgan fingerprint density at radius 1 is 1.38 bits per heavy atom. The van der Waals surface area contributed by atoms with Crippen molar-refractivity contribution >= 4 is 11.6 Å². The van der Waals surface area contributed by atoms with Gasteiger partial charge in [0.2, 0.25) is 0 Å². The van der Waals surface area contributed by atoms with E-state index in [1.54, 1.807) is 7.11 Å². The van der Waals surface area contributed by atoms with Crippen molar-refractivity contribution in [3.8, 4) is 5.75 Å². The van der Waals surface area contributed by atoms with Crippen LogP contribution in [0.2, 0.25) is 5.02 Å². The third-order valence-corrected chi connectivity index (χ3v) is 5.04. The van der Waals surface area contributed by atoms with Crippen molar-refractivity contribution in [3.05, 3.63) is 28.8 Å². The van der Waals surface area contributed by atoms with E-state index in [1.807, 2.05) is 18.2 Å². The van der Waals surface area contributed by atoms with E-state index in [1.165, 1.54) is 32.5 Å². The van der Waals surface area contributed by atoms with Gasteiger partial charge in [-0.1, -0.05) is 24.6 Å². The fourth-order valence-electron chi connectivity index (χ4n) is 3.10. The lowest BCUT2D eigenvalue weighted by Crippen LogP contribution is -2.41. The van der Waals surface area contributed by atoms with Crippen molar-refractivity contribution < 1.29 is 4.74 Å². The smallest absolute Gasteiger partial charge is 0.124 e. The van der Waals surface area contributed by atoms with E-state index in [4.69, 9.17) is 16.3 Å². The van der Waals surface area contributed by atoms with Crippen LogP contribution in [0.3, 0.4) is 0 Å². The molecule has 0 bridgehead atoms. The van der Waals surface area contributed by atoms with Gasteiger partial charge >= 0.3 is 0 Å². The molecule has 0 aliphatic carbocycles. The van der Waals surface area contributed by atoms with Crippen LogP contribution in [0, 0.1) is 5.92 Å². The van der Waals surface area contributed by atoms with Crippen LogP contribution in [0.15, 0.2) is 18.2 Å². The van der Waals surface area contributed by atoms with Crippen LogP contribution < -0.4 is 10.1 Å². The first kappa shape index (κ1) is 16.6. The van der Waals surface area contributed by atoms with E-state index in [0.29, 0.717) is 6.04 Å². The fraction of sp³-hybridized carbons (Fsp3) is 0.647. The maximum Gasteiger partial charge on any atom is 0.124 e. The van der Waals surface area contributed by atoms with Crippen LogP contribution in [-0.2, 0) is 6.54 Å². The Labute approximate surface area is 133 Å². The summed E-state index contributed by atoms with van der Waals surface area (Å²) in [5.41, 5.74) is 1.06. The lowest BCUT2D eigenvalue weighted by atomic mass is 9.90. The summed E-state index contributed by atoms with van der Waals surface area (Å²) in [6.07, 6.45) is 2.56. The van der Waals surface area contributed by atoms with Gasteiger partial charge in [0, 0.05) is 23.2 Å². The molecule has 0 saturated carbocycles. The van der Waals surface area contributed by atoms with E-state index in [9.17, 15) is 0 Å². The summed E-state index contributed by atoms with van der Waals surface area (Å²) in [4.78, 5) is 2.53. The fourth-order valence-corrected chi connectivity index (χ4v) is 3.33. The Balaban J connectivity index is 1.88. The highest BCUT2D eigenvalue weighted by molar-refractivity contribution is 6.31. The second-order valence-electron chi connectivity index (χ2n) is 5.86. The quantitative estimate of drug-likeness (QED) is 0.869. The maximum absolute atomic E-state index is 6.29. The maximum atomic E-state index is 6.29. The van der Waals surface area contributed by atoms with E-state index in [2.05, 4.69) is 24.1 Å². The average Bonchev–Trinajstić information content (AvgIpc) is 2.53. The monoisotopic (exact) mass is 310 g/mol. The van der Waals surface area contributed by atoms with Crippen LogP contribution in [0.25, 0.3) is 0 Å². The van der Waals surface area contributed by atoms with E-state index >= 15 is 0 Å². The van der Waals surface area contributed by atoms with Crippen molar-refractivity contribution in [2.75, 3.05) is 26.7 Å². The third kappa shape index (κ3) is 4.35. The highest BCUT2D eigenvalue weighted by atomic mass is 35.5. The van der Waals surface area contributed by atoms with Gasteiger partial charge in [0.1, 0.15) is 5.75 Å². The number of benzene rings is 1. The number of hydrogen-bond donors (Lipinski definition) is 1. The lowest BCUT2D eigenvalue weighted by molar-refractivity contribution is 0.168. The number of methoxy groups -OCH3 is 1. The molecular weight excluding hydrogens is 284 g/mol. The lowest BCUT2D eigenvalue weighted by Gasteiger charge is -2.34. The largest absolute Gasteiger partial charge is 0.496 e. The first-order valence-corrected chi connectivity index (χ1v) is 8.30. The summed E-state index contributed by atoms with van der Waals surface area (Å²) in [5.74, 6) is 1.62. The van der Waals surface area contributed by atoms with Crippen LogP contribution in [0.1, 0.15) is 32.3 Å². The summed E-state index contributed by atoms with van der Waals surface area (Å²) in [7, 11) is 1.69. The van der Waals surface area contributed by atoms with Gasteiger partial charge in [-0.2, -0.15) is 0 Å². The minimum Gasteiger partial charge on any atom is -0.496 e. The molecule has 0 spiro atoms. The predicted octanol–water partition coefficient (Wildman–Crippen LogP) is 3.56. The Hall–Kier alpha value is -0.770. The first-order valence-electron chi connectivity index (χ1n) is 7.92. The summed E-state index contributed by atoms with van der Waals surface area (Å²) < 4.78 is 5.40. The van der Waals surface area contributed by atoms with Gasteiger partial charge in [0.15, 0.2) is 0 Å². The molecule has 1 heterocycles. The second kappa shape index (κ2) is 8.02. The van der Waals surface area contributed by atoms with Crippen molar-refractivity contribution in [1.82, 2.24) is 10.2 Å². The van der Waals surface area contributed by atoms with Gasteiger partial charge in [0.05, 0.1) is 7.11 Å². The molecule has 1 unspecified atom stereocenters. The highest BCUT2D eigenvalue weighted by Gasteiger charge is 2.23. The molecule has 1 atom stereocenters. The molecule has 4 heteroatoms. The Bertz CT molecular complexity index is 444. The van der Waals surface area contributed by atoms with Crippen LogP contribution in [0.4, 0.5) is 0 Å². The molecule has 1 aliphatic rings. The number of rotatable bonds is 6. The molecule has 1 aliphatic heterocycles. The zero-order valence-corrected chi connectivity index (χ0v) is 14.1. The molecule has 1 aromatic carbocycles. The number of likely N-dealkylation sites (tertiary alicyclic amines) is 1. The van der Waals surface area contributed by atoms with Crippen LogP contribution in [0.5, 0.6) is 5.75 Å². The molecular formula is C17H27ClN2O. The molecule has 0 amide bonds. The summed E-state index contributed by atoms with van der Waals surface area (Å²) in [6, 6.07) is 6.32. The molecule has 3 nitrogen and oxygen atoms in total. The molecule has 21 heavy (non-hydrogen) atoms. The average molecular weight is 311 g/mol. The molecule has 0 aromatic heterocycles. The molecule has 1 fully saturated rings. The minimum absolute atomic E-state index is 0.505. The number of halogens is 1. The van der Waals surface area contributed by atoms with Gasteiger partial charge in [-0.25, -0.2) is 0 Å². The number of ether oxygens (including phenoxy) is 1. The van der Waals surface area contributed by atoms with Gasteiger partial charge in [-0.3, -0.25) is 0 Å². The number of nitrogens with one attached hydrogen (secondary N) is 1. The number of nitrogens with zero attached hydrogens (tertiary/aromatic N) is 1. The van der Waals surface area contributed by atoms with E-state index < -0.39 is 0 Å². The summed E-state index contributed by atoms with van der Waals surface area (Å²) in [6.45, 7) is 8.91. The van der Waals surface area contributed by atoms with Crippen LogP contribution in [-0.4, -0.2) is 37.7 Å². The van der Waals surface area contributed by atoms with E-state index in [-0.39, 0.29) is 0 Å². The Kier molecular flexibility index (Phi) is 6.34. The van der Waals surface area contributed by atoms with Gasteiger partial charge in [-0.05, 0) is 57.5 Å². The molecule has 1 aromatic rings. The SMILES string of the molecule is CCN1CCC(C(C)NCc2c(Cl)cccc2OC)CC1. The van der Waals surface area contributed by atoms with Crippen molar-refractivity contribution in [1.29, 1.82) is 0 Å². The van der Waals surface area contributed by atoms with Gasteiger partial charge in [-0.15, -0.1) is 0 Å². The third-order valence-electron chi connectivity index (χ3n) is 4.68. The molecule has 0 radical (unpaired) electrons. The zero-order chi connectivity index (χ0) is 15.2. The molecule has 1 saturated heterocycles. The van der Waals surface area contributed by atoms with Crippen molar-refractivity contribution in [3.63, 3.8) is 0 Å². The van der Waals surface area contributed by atoms with Crippen molar-refractivity contribution in [2.24, 2.45) is 5.92 Å². The molecule has 118 valence electrons. The van der Waals surface area contributed by atoms with Crippen LogP contribution >= 0.6 is 11.6 Å². The summed E-state index contributed by atoms with van der Waals surface area (Å²) in [5, 5.41) is 4.41. The number of hydrogen-bond acceptors (Lipinski definition) is 3. The van der Waals surface area contributed by atoms with Gasteiger partial charge < -0.3 is 15.0 Å². The first-order chi connectivity index (χ1) is 10.2. The normalized spacial score (nSPS) is 18.7. The standard InChI is InChI=1S/C17H27ClN2O/c1-4-20-10-8-14(9-11-20)13(2)19-12-15-16(18)6-5-7-17(15)21-3/h5-7,13-14,19H,4,8-12H2,1-3H3. The topological polar surface area (TPSA) is 24.5 Å². The Morgan fingerprint density at radius 3 is 2.71 bits per heavy atom. The highest BCUT2D eigenvalue weighted by Crippen LogP contribution is 2.27. The Morgan fingerprint density at radius 2 is 2.10 bits per heavy atom. The van der Waals surface area contributed by atoms with Gasteiger partial charge in [0.25, 0.3) is 0 Å². The number of piperidine rings is 1. The van der Waals surface area contributed by atoms with Crippen molar-refractivity contribution in [2.45, 2.75) is 39.3 Å². The molecule has 2 rings (SSSR count).